The van der Waals surface area contributed by atoms with E-state index in [9.17, 15) is 14.4 Å². The smallest absolute Gasteiger partial charge is 0.264 e. The molecule has 0 spiro atoms. The predicted molar refractivity (Wildman–Crippen MR) is 122 cm³/mol. The zero-order chi connectivity index (χ0) is 22.8. The maximum Gasteiger partial charge on any atom is 0.264 e. The Morgan fingerprint density at radius 2 is 1.88 bits per heavy atom. The number of nitrogens with zero attached hydrogens (tertiary/aromatic N) is 4. The summed E-state index contributed by atoms with van der Waals surface area (Å²) >= 11 is 0. The average molecular weight is 431 g/mol. The van der Waals surface area contributed by atoms with E-state index in [0.717, 1.165) is 23.4 Å². The van der Waals surface area contributed by atoms with Crippen LogP contribution in [0.5, 0.6) is 0 Å². The number of anilines is 2. The first-order valence-electron chi connectivity index (χ1n) is 10.5. The lowest BCUT2D eigenvalue weighted by molar-refractivity contribution is -0.117. The first-order chi connectivity index (χ1) is 15.3. The number of amides is 2. The summed E-state index contributed by atoms with van der Waals surface area (Å²) in [5, 5.41) is 2.83. The molecule has 1 saturated heterocycles. The van der Waals surface area contributed by atoms with Crippen LogP contribution in [0.3, 0.4) is 0 Å². The van der Waals surface area contributed by atoms with E-state index in [0.29, 0.717) is 29.9 Å². The first kappa shape index (κ1) is 21.4. The fraction of sp³-hybridized carbons (Fsp3) is 0.292. The van der Waals surface area contributed by atoms with Crippen LogP contribution in [0.15, 0.2) is 47.7 Å². The minimum absolute atomic E-state index is 0.0759. The molecule has 0 aliphatic carbocycles. The van der Waals surface area contributed by atoms with Crippen molar-refractivity contribution in [3.8, 4) is 0 Å². The third kappa shape index (κ3) is 4.30. The molecule has 0 saturated carbocycles. The number of nitrogens with one attached hydrogen (secondary N) is 1. The van der Waals surface area contributed by atoms with Crippen LogP contribution in [-0.4, -0.2) is 32.9 Å². The summed E-state index contributed by atoms with van der Waals surface area (Å²) < 4.78 is 1.45. The van der Waals surface area contributed by atoms with E-state index in [-0.39, 0.29) is 18.0 Å². The van der Waals surface area contributed by atoms with Gasteiger partial charge in [0.05, 0.1) is 24.1 Å². The molecule has 0 bridgehead atoms. The molecule has 1 aromatic carbocycles. The summed E-state index contributed by atoms with van der Waals surface area (Å²) in [4.78, 5) is 48.5. The van der Waals surface area contributed by atoms with Crippen molar-refractivity contribution in [1.82, 2.24) is 14.5 Å². The molecule has 0 unspecified atom stereocenters. The first-order valence-corrected chi connectivity index (χ1v) is 10.5. The molecule has 32 heavy (non-hydrogen) atoms. The van der Waals surface area contributed by atoms with Crippen molar-refractivity contribution in [2.75, 3.05) is 16.8 Å². The van der Waals surface area contributed by atoms with Crippen molar-refractivity contribution in [3.05, 3.63) is 81.3 Å². The fourth-order valence-electron chi connectivity index (χ4n) is 3.82. The van der Waals surface area contributed by atoms with Gasteiger partial charge >= 0.3 is 0 Å². The van der Waals surface area contributed by atoms with Gasteiger partial charge < -0.3 is 14.8 Å². The Labute approximate surface area is 185 Å². The second-order valence-electron chi connectivity index (χ2n) is 8.06. The highest BCUT2D eigenvalue weighted by atomic mass is 16.2. The number of hydrogen-bond acceptors (Lipinski definition) is 5. The van der Waals surface area contributed by atoms with Gasteiger partial charge in [0.1, 0.15) is 5.56 Å². The van der Waals surface area contributed by atoms with E-state index in [1.165, 1.54) is 4.57 Å². The van der Waals surface area contributed by atoms with Gasteiger partial charge in [-0.15, -0.1) is 0 Å². The number of benzene rings is 1. The van der Waals surface area contributed by atoms with Gasteiger partial charge in [-0.2, -0.15) is 0 Å². The molecule has 4 rings (SSSR count). The number of hydrogen-bond donors (Lipinski definition) is 1. The largest absolute Gasteiger partial charge is 0.322 e. The molecule has 1 aliphatic rings. The lowest BCUT2D eigenvalue weighted by Crippen LogP contribution is -2.30. The molecule has 0 radical (unpaired) electrons. The van der Waals surface area contributed by atoms with E-state index in [2.05, 4.69) is 15.3 Å². The topological polar surface area (TPSA) is 97.2 Å². The lowest BCUT2D eigenvalue weighted by atomic mass is 10.1. The highest BCUT2D eigenvalue weighted by molar-refractivity contribution is 6.05. The van der Waals surface area contributed by atoms with Gasteiger partial charge in [-0.05, 0) is 56.5 Å². The minimum Gasteiger partial charge on any atom is -0.322 e. The Morgan fingerprint density at radius 1 is 1.06 bits per heavy atom. The zero-order valence-electron chi connectivity index (χ0n) is 18.4. The van der Waals surface area contributed by atoms with Gasteiger partial charge in [-0.1, -0.05) is 6.07 Å². The molecule has 3 aromatic rings. The van der Waals surface area contributed by atoms with Gasteiger partial charge in [0.2, 0.25) is 5.91 Å². The number of aromatic nitrogens is 3. The summed E-state index contributed by atoms with van der Waals surface area (Å²) in [7, 11) is 0. The number of pyridine rings is 1. The van der Waals surface area contributed by atoms with Gasteiger partial charge in [0.15, 0.2) is 0 Å². The number of carbonyl (C=O) groups excluding carboxylic acids is 2. The van der Waals surface area contributed by atoms with Crippen LogP contribution in [0.1, 0.15) is 45.7 Å². The molecule has 2 aromatic heterocycles. The number of carbonyl (C=O) groups is 2. The van der Waals surface area contributed by atoms with E-state index in [4.69, 9.17) is 0 Å². The van der Waals surface area contributed by atoms with Crippen LogP contribution in [0.25, 0.3) is 0 Å². The Kier molecular flexibility index (Phi) is 5.85. The highest BCUT2D eigenvalue weighted by Gasteiger charge is 2.24. The average Bonchev–Trinajstić information content (AvgIpc) is 3.19. The Morgan fingerprint density at radius 3 is 2.56 bits per heavy atom. The molecule has 1 N–H and O–H groups in total. The molecular weight excluding hydrogens is 406 g/mol. The van der Waals surface area contributed by atoms with Crippen molar-refractivity contribution in [3.63, 3.8) is 0 Å². The van der Waals surface area contributed by atoms with E-state index in [1.54, 1.807) is 48.6 Å². The standard InChI is InChI=1S/C24H25N5O3/c1-15-6-7-18(11-20(15)29-9-4-5-21(29)30)27-23(31)22-16(2)8-10-28(24(22)32)14-19-13-25-17(3)12-26-19/h6-8,10-13H,4-5,9,14H2,1-3H3,(H,27,31). The molecular formula is C24H25N5O3. The zero-order valence-corrected chi connectivity index (χ0v) is 18.4. The van der Waals surface area contributed by atoms with Crippen molar-refractivity contribution < 1.29 is 9.59 Å². The van der Waals surface area contributed by atoms with E-state index >= 15 is 0 Å². The summed E-state index contributed by atoms with van der Waals surface area (Å²) in [5.74, 6) is -0.406. The maximum atomic E-state index is 13.1. The molecule has 164 valence electrons. The Bertz CT molecular complexity index is 1250. The fourth-order valence-corrected chi connectivity index (χ4v) is 3.82. The van der Waals surface area contributed by atoms with Gasteiger partial charge in [0.25, 0.3) is 11.5 Å². The Balaban J connectivity index is 1.60. The van der Waals surface area contributed by atoms with Crippen molar-refractivity contribution in [2.24, 2.45) is 0 Å². The number of aryl methyl sites for hydroxylation is 3. The molecule has 8 nitrogen and oxygen atoms in total. The summed E-state index contributed by atoms with van der Waals surface area (Å²) in [6, 6.07) is 7.16. The second kappa shape index (κ2) is 8.74. The van der Waals surface area contributed by atoms with Crippen molar-refractivity contribution in [2.45, 2.75) is 40.2 Å². The summed E-state index contributed by atoms with van der Waals surface area (Å²) in [5.41, 5.74) is 3.96. The Hall–Kier alpha value is -3.81. The summed E-state index contributed by atoms with van der Waals surface area (Å²) in [6.07, 6.45) is 6.27. The van der Waals surface area contributed by atoms with Crippen LogP contribution in [0.2, 0.25) is 0 Å². The third-order valence-corrected chi connectivity index (χ3v) is 5.60. The molecule has 1 fully saturated rings. The van der Waals surface area contributed by atoms with Crippen LogP contribution in [-0.2, 0) is 11.3 Å². The monoisotopic (exact) mass is 431 g/mol. The third-order valence-electron chi connectivity index (χ3n) is 5.60. The molecule has 8 heteroatoms. The normalized spacial score (nSPS) is 13.5. The molecule has 2 amide bonds. The van der Waals surface area contributed by atoms with Gasteiger partial charge in [0, 0.05) is 36.7 Å². The van der Waals surface area contributed by atoms with Gasteiger partial charge in [-0.25, -0.2) is 0 Å². The quantitative estimate of drug-likeness (QED) is 0.670. The molecule has 3 heterocycles. The highest BCUT2D eigenvalue weighted by Crippen LogP contribution is 2.28. The van der Waals surface area contributed by atoms with Crippen molar-refractivity contribution in [1.29, 1.82) is 0 Å². The SMILES string of the molecule is Cc1cnc(Cn2ccc(C)c(C(=O)Nc3ccc(C)c(N4CCCC4=O)c3)c2=O)cn1. The number of rotatable bonds is 5. The molecule has 1 aliphatic heterocycles. The van der Waals surface area contributed by atoms with E-state index in [1.807, 2.05) is 19.9 Å². The van der Waals surface area contributed by atoms with Crippen LogP contribution in [0, 0.1) is 20.8 Å². The molecule has 0 atom stereocenters. The summed E-state index contributed by atoms with van der Waals surface area (Å²) in [6.45, 7) is 6.39. The lowest BCUT2D eigenvalue weighted by Gasteiger charge is -2.19. The van der Waals surface area contributed by atoms with Crippen LogP contribution < -0.4 is 15.8 Å². The van der Waals surface area contributed by atoms with Crippen LogP contribution >= 0.6 is 0 Å². The van der Waals surface area contributed by atoms with Crippen molar-refractivity contribution >= 4 is 23.2 Å². The maximum absolute atomic E-state index is 13.1. The van der Waals surface area contributed by atoms with Crippen LogP contribution in [0.4, 0.5) is 11.4 Å². The predicted octanol–water partition coefficient (Wildman–Crippen LogP) is 2.99. The minimum atomic E-state index is -0.487. The second-order valence-corrected chi connectivity index (χ2v) is 8.06. The van der Waals surface area contributed by atoms with E-state index < -0.39 is 11.5 Å². The van der Waals surface area contributed by atoms with Gasteiger partial charge in [-0.3, -0.25) is 24.4 Å².